The van der Waals surface area contributed by atoms with Crippen molar-refractivity contribution in [2.45, 2.75) is 32.4 Å². The summed E-state index contributed by atoms with van der Waals surface area (Å²) < 4.78 is 10.4. The van der Waals surface area contributed by atoms with Gasteiger partial charge >= 0.3 is 5.97 Å². The van der Waals surface area contributed by atoms with Gasteiger partial charge in [0.25, 0.3) is 5.89 Å². The maximum atomic E-state index is 11.9. The Labute approximate surface area is 126 Å². The van der Waals surface area contributed by atoms with Crippen LogP contribution in [0.4, 0.5) is 0 Å². The molecule has 1 fully saturated rings. The lowest BCUT2D eigenvalue weighted by molar-refractivity contribution is -0.148. The number of hydrogen-bond acceptors (Lipinski definition) is 7. The molecule has 2 aromatic rings. The average molecular weight is 307 g/mol. The van der Waals surface area contributed by atoms with E-state index < -0.39 is 0 Å². The van der Waals surface area contributed by atoms with Crippen molar-refractivity contribution in [3.05, 3.63) is 23.3 Å². The first-order valence-electron chi connectivity index (χ1n) is 7.05. The lowest BCUT2D eigenvalue weighted by Gasteiger charge is -2.20. The summed E-state index contributed by atoms with van der Waals surface area (Å²) in [7, 11) is 0. The van der Waals surface area contributed by atoms with Gasteiger partial charge < -0.3 is 9.26 Å². The van der Waals surface area contributed by atoms with E-state index in [4.69, 9.17) is 9.26 Å². The lowest BCUT2D eigenvalue weighted by atomic mass is 10.2. The van der Waals surface area contributed by atoms with Crippen LogP contribution in [0.3, 0.4) is 0 Å². The van der Waals surface area contributed by atoms with Crippen LogP contribution in [0, 0.1) is 0 Å². The van der Waals surface area contributed by atoms with Crippen molar-refractivity contribution in [3.8, 4) is 10.8 Å². The van der Waals surface area contributed by atoms with Crippen LogP contribution in [-0.4, -0.2) is 40.2 Å². The molecule has 0 amide bonds. The lowest BCUT2D eigenvalue weighted by Crippen LogP contribution is -2.37. The minimum absolute atomic E-state index is 0.156. The number of aromatic nitrogens is 2. The molecule has 1 aliphatic rings. The van der Waals surface area contributed by atoms with Gasteiger partial charge in [-0.3, -0.25) is 9.69 Å². The van der Waals surface area contributed by atoms with Gasteiger partial charge in [0.1, 0.15) is 6.04 Å². The van der Waals surface area contributed by atoms with Gasteiger partial charge in [0.2, 0.25) is 0 Å². The maximum absolute atomic E-state index is 11.9. The second kappa shape index (κ2) is 6.36. The zero-order valence-corrected chi connectivity index (χ0v) is 12.6. The Balaban J connectivity index is 1.67. The van der Waals surface area contributed by atoms with Gasteiger partial charge in [0.15, 0.2) is 5.82 Å². The third-order valence-corrected chi connectivity index (χ3v) is 4.32. The first-order chi connectivity index (χ1) is 10.3. The van der Waals surface area contributed by atoms with Crippen molar-refractivity contribution in [3.63, 3.8) is 0 Å². The largest absolute Gasteiger partial charge is 0.465 e. The van der Waals surface area contributed by atoms with Crippen molar-refractivity contribution < 1.29 is 14.1 Å². The van der Waals surface area contributed by atoms with E-state index in [1.165, 1.54) is 0 Å². The highest BCUT2D eigenvalue weighted by molar-refractivity contribution is 7.13. The number of thiophene rings is 1. The molecule has 1 saturated heterocycles. The van der Waals surface area contributed by atoms with Crippen LogP contribution in [0.5, 0.6) is 0 Å². The van der Waals surface area contributed by atoms with E-state index in [0.29, 0.717) is 24.9 Å². The van der Waals surface area contributed by atoms with Crippen LogP contribution in [0.15, 0.2) is 22.0 Å². The first-order valence-corrected chi connectivity index (χ1v) is 7.93. The zero-order valence-electron chi connectivity index (χ0n) is 11.8. The van der Waals surface area contributed by atoms with Gasteiger partial charge in [-0.05, 0) is 37.8 Å². The number of likely N-dealkylation sites (tertiary alicyclic amines) is 1. The molecule has 21 heavy (non-hydrogen) atoms. The quantitative estimate of drug-likeness (QED) is 0.790. The van der Waals surface area contributed by atoms with Crippen molar-refractivity contribution in [2.24, 2.45) is 0 Å². The minimum Gasteiger partial charge on any atom is -0.465 e. The van der Waals surface area contributed by atoms with E-state index in [0.717, 1.165) is 24.3 Å². The van der Waals surface area contributed by atoms with Crippen molar-refractivity contribution in [1.82, 2.24) is 15.0 Å². The predicted octanol–water partition coefficient (Wildman–Crippen LogP) is 2.33. The molecule has 0 saturated carbocycles. The number of carbonyl (C=O) groups excluding carboxylic acids is 1. The van der Waals surface area contributed by atoms with Crippen LogP contribution in [0.25, 0.3) is 10.8 Å². The second-order valence-corrected chi connectivity index (χ2v) is 5.82. The molecule has 0 aliphatic carbocycles. The molecule has 1 atom stereocenters. The molecule has 112 valence electrons. The fourth-order valence-electron chi connectivity index (χ4n) is 2.52. The molecule has 3 rings (SSSR count). The molecule has 6 nitrogen and oxygen atoms in total. The fraction of sp³-hybridized carbons (Fsp3) is 0.500. The molecule has 7 heteroatoms. The number of rotatable bonds is 5. The standard InChI is InChI=1S/C14H17N3O3S/c1-2-19-14(18)10-5-3-7-17(10)9-12-15-13(20-16-12)11-6-4-8-21-11/h4,6,8,10H,2-3,5,7,9H2,1H3. The molecule has 0 N–H and O–H groups in total. The van der Waals surface area contributed by atoms with Crippen molar-refractivity contribution in [2.75, 3.05) is 13.2 Å². The molecule has 0 aromatic carbocycles. The number of hydrogen-bond donors (Lipinski definition) is 0. The smallest absolute Gasteiger partial charge is 0.323 e. The Morgan fingerprint density at radius 1 is 1.62 bits per heavy atom. The van der Waals surface area contributed by atoms with Crippen molar-refractivity contribution >= 4 is 17.3 Å². The van der Waals surface area contributed by atoms with E-state index in [9.17, 15) is 4.79 Å². The van der Waals surface area contributed by atoms with Crippen LogP contribution < -0.4 is 0 Å². The molecule has 2 aromatic heterocycles. The summed E-state index contributed by atoms with van der Waals surface area (Å²) in [5.41, 5.74) is 0. The summed E-state index contributed by atoms with van der Waals surface area (Å²) in [6.07, 6.45) is 1.81. The molecule has 1 aliphatic heterocycles. The molecule has 0 radical (unpaired) electrons. The van der Waals surface area contributed by atoms with Gasteiger partial charge in [-0.2, -0.15) is 4.98 Å². The first kappa shape index (κ1) is 14.2. The third kappa shape index (κ3) is 3.14. The number of esters is 1. The van der Waals surface area contributed by atoms with E-state index in [-0.39, 0.29) is 12.0 Å². The second-order valence-electron chi connectivity index (χ2n) is 4.87. The number of carbonyl (C=O) groups is 1. The molecule has 0 spiro atoms. The number of ether oxygens (including phenoxy) is 1. The molecule has 3 heterocycles. The van der Waals surface area contributed by atoms with Crippen LogP contribution in [0.2, 0.25) is 0 Å². The van der Waals surface area contributed by atoms with Crippen LogP contribution >= 0.6 is 11.3 Å². The van der Waals surface area contributed by atoms with E-state index in [1.807, 2.05) is 24.4 Å². The SMILES string of the molecule is CCOC(=O)C1CCCN1Cc1noc(-c2cccs2)n1. The van der Waals surface area contributed by atoms with Crippen LogP contribution in [0.1, 0.15) is 25.6 Å². The molecular formula is C14H17N3O3S. The highest BCUT2D eigenvalue weighted by Crippen LogP contribution is 2.24. The predicted molar refractivity (Wildman–Crippen MR) is 77.7 cm³/mol. The Hall–Kier alpha value is -1.73. The average Bonchev–Trinajstić information content (AvgIpc) is 3.20. The summed E-state index contributed by atoms with van der Waals surface area (Å²) in [5.74, 6) is 0.985. The summed E-state index contributed by atoms with van der Waals surface area (Å²) >= 11 is 1.56. The Bertz CT molecular complexity index is 596. The van der Waals surface area contributed by atoms with Crippen LogP contribution in [-0.2, 0) is 16.1 Å². The summed E-state index contributed by atoms with van der Waals surface area (Å²) in [6, 6.07) is 3.70. The van der Waals surface area contributed by atoms with E-state index in [1.54, 1.807) is 11.3 Å². The van der Waals surface area contributed by atoms with Crippen molar-refractivity contribution in [1.29, 1.82) is 0 Å². The maximum Gasteiger partial charge on any atom is 0.323 e. The summed E-state index contributed by atoms with van der Waals surface area (Å²) in [6.45, 7) is 3.60. The van der Waals surface area contributed by atoms with Gasteiger partial charge in [-0.1, -0.05) is 11.2 Å². The Morgan fingerprint density at radius 3 is 3.29 bits per heavy atom. The van der Waals surface area contributed by atoms with Gasteiger partial charge in [0.05, 0.1) is 18.0 Å². The normalized spacial score (nSPS) is 19.0. The van der Waals surface area contributed by atoms with E-state index >= 15 is 0 Å². The highest BCUT2D eigenvalue weighted by Gasteiger charge is 2.32. The van der Waals surface area contributed by atoms with E-state index in [2.05, 4.69) is 15.0 Å². The molecule has 1 unspecified atom stereocenters. The van der Waals surface area contributed by atoms with Gasteiger partial charge in [0, 0.05) is 0 Å². The highest BCUT2D eigenvalue weighted by atomic mass is 32.1. The summed E-state index contributed by atoms with van der Waals surface area (Å²) in [5, 5.41) is 5.97. The molecular weight excluding hydrogens is 290 g/mol. The summed E-state index contributed by atoms with van der Waals surface area (Å²) in [4.78, 5) is 19.3. The zero-order chi connectivity index (χ0) is 14.7. The Morgan fingerprint density at radius 2 is 2.52 bits per heavy atom. The van der Waals surface area contributed by atoms with Gasteiger partial charge in [-0.15, -0.1) is 11.3 Å². The minimum atomic E-state index is -0.186. The molecule has 0 bridgehead atoms. The Kier molecular flexibility index (Phi) is 4.31. The third-order valence-electron chi connectivity index (χ3n) is 3.47. The monoisotopic (exact) mass is 307 g/mol. The fourth-order valence-corrected chi connectivity index (χ4v) is 3.17. The van der Waals surface area contributed by atoms with Gasteiger partial charge in [-0.25, -0.2) is 0 Å². The topological polar surface area (TPSA) is 68.5 Å². The number of nitrogens with zero attached hydrogens (tertiary/aromatic N) is 3.